The van der Waals surface area contributed by atoms with Crippen molar-refractivity contribution in [3.8, 4) is 22.6 Å². The summed E-state index contributed by atoms with van der Waals surface area (Å²) < 4.78 is 20.4. The zero-order valence-electron chi connectivity index (χ0n) is 16.5. The Labute approximate surface area is 190 Å². The minimum Gasteiger partial charge on any atom is -0.339 e. The molecule has 0 aliphatic carbocycles. The van der Waals surface area contributed by atoms with Gasteiger partial charge in [0.1, 0.15) is 17.3 Å². The number of carbonyl (C=O) groups is 1. The second-order valence-electron chi connectivity index (χ2n) is 6.94. The molecule has 0 bridgehead atoms. The van der Waals surface area contributed by atoms with Crippen LogP contribution in [0.3, 0.4) is 0 Å². The highest BCUT2D eigenvalue weighted by atomic mass is 35.5. The Morgan fingerprint density at radius 3 is 2.62 bits per heavy atom. The number of carbonyl (C=O) groups excluding carboxylic acids is 1. The van der Waals surface area contributed by atoms with Gasteiger partial charge in [0, 0.05) is 40.6 Å². The fourth-order valence-electron chi connectivity index (χ4n) is 3.20. The van der Waals surface area contributed by atoms with Gasteiger partial charge in [-0.15, -0.1) is 11.3 Å². The van der Waals surface area contributed by atoms with Crippen LogP contribution in [0, 0.1) is 5.82 Å². The van der Waals surface area contributed by atoms with Crippen molar-refractivity contribution in [3.05, 3.63) is 76.8 Å². The molecule has 1 N–H and O–H groups in total. The Bertz CT molecular complexity index is 1390. The highest BCUT2D eigenvalue weighted by Gasteiger charge is 2.18. The lowest BCUT2D eigenvalue weighted by molar-refractivity contribution is -0.116. The molecule has 0 atom stereocenters. The Morgan fingerprint density at radius 1 is 1.09 bits per heavy atom. The molecule has 5 aromatic rings. The molecule has 1 amide bonds. The Morgan fingerprint density at radius 2 is 1.84 bits per heavy atom. The van der Waals surface area contributed by atoms with Crippen molar-refractivity contribution in [1.82, 2.24) is 19.5 Å². The molecule has 0 unspecified atom stereocenters. The zero-order chi connectivity index (χ0) is 22.1. The van der Waals surface area contributed by atoms with Crippen molar-refractivity contribution in [1.29, 1.82) is 0 Å². The van der Waals surface area contributed by atoms with E-state index >= 15 is 0 Å². The van der Waals surface area contributed by atoms with Gasteiger partial charge >= 0.3 is 0 Å². The second kappa shape index (κ2) is 8.52. The predicted molar refractivity (Wildman–Crippen MR) is 120 cm³/mol. The molecule has 7 nitrogen and oxygen atoms in total. The number of rotatable bonds is 6. The van der Waals surface area contributed by atoms with E-state index < -0.39 is 0 Å². The number of aromatic nitrogens is 4. The molecule has 0 saturated heterocycles. The van der Waals surface area contributed by atoms with Gasteiger partial charge in [-0.2, -0.15) is 4.98 Å². The number of halogens is 2. The van der Waals surface area contributed by atoms with Crippen LogP contribution < -0.4 is 5.32 Å². The zero-order valence-corrected chi connectivity index (χ0v) is 18.0. The van der Waals surface area contributed by atoms with Gasteiger partial charge in [-0.25, -0.2) is 9.37 Å². The van der Waals surface area contributed by atoms with Crippen molar-refractivity contribution in [2.45, 2.75) is 12.8 Å². The predicted octanol–water partition coefficient (Wildman–Crippen LogP) is 5.48. The van der Waals surface area contributed by atoms with Gasteiger partial charge in [0.25, 0.3) is 0 Å². The van der Waals surface area contributed by atoms with E-state index in [0.29, 0.717) is 33.8 Å². The van der Waals surface area contributed by atoms with Gasteiger partial charge < -0.3 is 9.84 Å². The first kappa shape index (κ1) is 20.3. The fourth-order valence-corrected chi connectivity index (χ4v) is 4.04. The maximum Gasteiger partial charge on any atom is 0.227 e. The smallest absolute Gasteiger partial charge is 0.227 e. The van der Waals surface area contributed by atoms with Crippen LogP contribution >= 0.6 is 22.9 Å². The third-order valence-corrected chi connectivity index (χ3v) is 5.78. The van der Waals surface area contributed by atoms with Crippen molar-refractivity contribution in [2.24, 2.45) is 0 Å². The molecule has 3 heterocycles. The molecule has 0 spiro atoms. The van der Waals surface area contributed by atoms with Crippen LogP contribution in [0.2, 0.25) is 5.02 Å². The van der Waals surface area contributed by atoms with E-state index in [9.17, 15) is 9.18 Å². The summed E-state index contributed by atoms with van der Waals surface area (Å²) >= 11 is 7.35. The first-order valence-corrected chi connectivity index (χ1v) is 10.9. The largest absolute Gasteiger partial charge is 0.339 e. The number of fused-ring (bicyclic) bond motifs is 1. The van der Waals surface area contributed by atoms with Crippen LogP contribution in [0.4, 0.5) is 10.2 Å². The van der Waals surface area contributed by atoms with Gasteiger partial charge in [0.05, 0.1) is 0 Å². The number of nitrogens with zero attached hydrogens (tertiary/aromatic N) is 4. The minimum atomic E-state index is -0.335. The summed E-state index contributed by atoms with van der Waals surface area (Å²) in [6.45, 7) is 0. The number of imidazole rings is 1. The Hall–Kier alpha value is -3.56. The van der Waals surface area contributed by atoms with E-state index in [1.54, 1.807) is 40.8 Å². The first-order chi connectivity index (χ1) is 15.6. The number of nitrogens with one attached hydrogen (secondary N) is 1. The van der Waals surface area contributed by atoms with Crippen LogP contribution in [0.5, 0.6) is 0 Å². The third kappa shape index (κ3) is 4.12. The van der Waals surface area contributed by atoms with Crippen molar-refractivity contribution < 1.29 is 13.7 Å². The number of benzene rings is 2. The van der Waals surface area contributed by atoms with Crippen molar-refractivity contribution in [3.63, 3.8) is 0 Å². The highest BCUT2D eigenvalue weighted by molar-refractivity contribution is 7.15. The number of anilines is 1. The van der Waals surface area contributed by atoms with Gasteiger partial charge in [0.15, 0.2) is 4.96 Å². The number of aryl methyl sites for hydroxylation is 1. The lowest BCUT2D eigenvalue weighted by Crippen LogP contribution is -2.14. The van der Waals surface area contributed by atoms with Crippen LogP contribution in [-0.2, 0) is 11.2 Å². The lowest BCUT2D eigenvalue weighted by Gasteiger charge is -2.06. The molecule has 0 fully saturated rings. The summed E-state index contributed by atoms with van der Waals surface area (Å²) in [5.41, 5.74) is 2.06. The molecule has 0 aliphatic heterocycles. The third-order valence-electron chi connectivity index (χ3n) is 4.77. The topological polar surface area (TPSA) is 85.3 Å². The Balaban J connectivity index is 1.30. The molecule has 0 radical (unpaired) electrons. The second-order valence-corrected chi connectivity index (χ2v) is 8.25. The van der Waals surface area contributed by atoms with Crippen molar-refractivity contribution >= 4 is 39.6 Å². The quantitative estimate of drug-likeness (QED) is 0.357. The molecular formula is C22H15ClFN5O2S. The summed E-state index contributed by atoms with van der Waals surface area (Å²) in [5.74, 6) is 0.764. The molecular weight excluding hydrogens is 453 g/mol. The van der Waals surface area contributed by atoms with E-state index in [-0.39, 0.29) is 24.6 Å². The van der Waals surface area contributed by atoms with E-state index in [4.69, 9.17) is 16.1 Å². The van der Waals surface area contributed by atoms with Gasteiger partial charge in [0.2, 0.25) is 17.6 Å². The number of amides is 1. The normalized spacial score (nSPS) is 11.2. The van der Waals surface area contributed by atoms with E-state index in [2.05, 4.69) is 20.4 Å². The minimum absolute atomic E-state index is 0.141. The molecule has 160 valence electrons. The summed E-state index contributed by atoms with van der Waals surface area (Å²) in [7, 11) is 0. The molecule has 5 rings (SSSR count). The molecule has 2 aromatic carbocycles. The molecule has 3 aromatic heterocycles. The van der Waals surface area contributed by atoms with Crippen LogP contribution in [0.15, 0.2) is 64.6 Å². The average molecular weight is 468 g/mol. The summed E-state index contributed by atoms with van der Waals surface area (Å²) in [4.78, 5) is 22.3. The van der Waals surface area contributed by atoms with E-state index in [1.807, 2.05) is 11.6 Å². The average Bonchev–Trinajstić information content (AvgIpc) is 3.51. The van der Waals surface area contributed by atoms with Gasteiger partial charge in [-0.05, 0) is 48.5 Å². The maximum absolute atomic E-state index is 13.3. The summed E-state index contributed by atoms with van der Waals surface area (Å²) in [5, 5.41) is 9.38. The number of hydrogen-bond acceptors (Lipinski definition) is 6. The maximum atomic E-state index is 13.3. The fraction of sp³-hybridized carbons (Fsp3) is 0.0909. The molecule has 32 heavy (non-hydrogen) atoms. The van der Waals surface area contributed by atoms with Gasteiger partial charge in [-0.3, -0.25) is 9.20 Å². The molecule has 10 heteroatoms. The van der Waals surface area contributed by atoms with Crippen molar-refractivity contribution in [2.75, 3.05) is 5.32 Å². The first-order valence-electron chi connectivity index (χ1n) is 9.67. The standard InChI is InChI=1S/C22H15ClFN5O2S/c23-15-5-1-14(2-6-15)20-26-18(31-28-20)10-9-17(30)25-21-19(13-3-7-16(24)8-4-13)27-22-29(21)11-12-32-22/h1-8,11-12H,9-10H2,(H,25,30). The van der Waals surface area contributed by atoms with Crippen LogP contribution in [0.25, 0.3) is 27.6 Å². The van der Waals surface area contributed by atoms with Crippen LogP contribution in [0.1, 0.15) is 12.3 Å². The van der Waals surface area contributed by atoms with Crippen LogP contribution in [-0.4, -0.2) is 25.4 Å². The highest BCUT2D eigenvalue weighted by Crippen LogP contribution is 2.31. The summed E-state index contributed by atoms with van der Waals surface area (Å²) in [6.07, 6.45) is 2.25. The lowest BCUT2D eigenvalue weighted by atomic mass is 10.1. The number of hydrogen-bond donors (Lipinski definition) is 1. The summed E-state index contributed by atoms with van der Waals surface area (Å²) in [6, 6.07) is 13.1. The van der Waals surface area contributed by atoms with E-state index in [0.717, 1.165) is 10.5 Å². The van der Waals surface area contributed by atoms with E-state index in [1.165, 1.54) is 23.5 Å². The molecule has 0 aliphatic rings. The monoisotopic (exact) mass is 467 g/mol. The molecule has 0 saturated carbocycles. The SMILES string of the molecule is O=C(CCc1nc(-c2ccc(Cl)cc2)no1)Nc1c(-c2ccc(F)cc2)nc2sccn12. The Kier molecular flexibility index (Phi) is 5.42. The van der Waals surface area contributed by atoms with Gasteiger partial charge in [-0.1, -0.05) is 16.8 Å². The number of thiazole rings is 1.